The Bertz CT molecular complexity index is 276. The number of morpholine rings is 1. The molecular weight excluding hydrogens is 230 g/mol. The van der Waals surface area contributed by atoms with Crippen molar-refractivity contribution in [1.29, 1.82) is 0 Å². The Morgan fingerprint density at radius 1 is 1.39 bits per heavy atom. The summed E-state index contributed by atoms with van der Waals surface area (Å²) in [5.41, 5.74) is 0. The third-order valence-corrected chi connectivity index (χ3v) is 4.48. The van der Waals surface area contributed by atoms with Gasteiger partial charge in [-0.05, 0) is 25.7 Å². The zero-order valence-corrected chi connectivity index (χ0v) is 11.3. The zero-order valence-electron chi connectivity index (χ0n) is 11.3. The molecule has 2 rings (SSSR count). The molecule has 1 heterocycles. The summed E-state index contributed by atoms with van der Waals surface area (Å²) in [7, 11) is 0. The van der Waals surface area contributed by atoms with Gasteiger partial charge in [-0.1, -0.05) is 19.3 Å². The average molecular weight is 255 g/mol. The first-order valence-electron chi connectivity index (χ1n) is 7.24. The van der Waals surface area contributed by atoms with E-state index in [-0.39, 0.29) is 12.5 Å². The van der Waals surface area contributed by atoms with E-state index in [2.05, 4.69) is 11.8 Å². The van der Waals surface area contributed by atoms with E-state index in [0.29, 0.717) is 12.6 Å². The maximum absolute atomic E-state index is 10.7. The second-order valence-electron chi connectivity index (χ2n) is 5.72. The van der Waals surface area contributed by atoms with Crippen LogP contribution in [-0.2, 0) is 9.53 Å². The molecule has 1 N–H and O–H groups in total. The molecule has 0 aromatic carbocycles. The van der Waals surface area contributed by atoms with E-state index >= 15 is 0 Å². The van der Waals surface area contributed by atoms with Gasteiger partial charge in [0.1, 0.15) is 0 Å². The summed E-state index contributed by atoms with van der Waals surface area (Å²) in [6, 6.07) is 0.575. The molecule has 1 aliphatic heterocycles. The van der Waals surface area contributed by atoms with E-state index in [1.54, 1.807) is 0 Å². The highest BCUT2D eigenvalue weighted by molar-refractivity contribution is 5.67. The van der Waals surface area contributed by atoms with Crippen molar-refractivity contribution in [2.75, 3.05) is 19.7 Å². The molecule has 2 unspecified atom stereocenters. The Morgan fingerprint density at radius 3 is 2.78 bits per heavy atom. The summed E-state index contributed by atoms with van der Waals surface area (Å²) in [6.07, 6.45) is 6.78. The molecule has 0 spiro atoms. The van der Waals surface area contributed by atoms with Gasteiger partial charge in [0.05, 0.1) is 19.1 Å². The van der Waals surface area contributed by atoms with E-state index in [0.717, 1.165) is 19.0 Å². The summed E-state index contributed by atoms with van der Waals surface area (Å²) < 4.78 is 5.53. The van der Waals surface area contributed by atoms with Crippen molar-refractivity contribution in [1.82, 2.24) is 4.90 Å². The number of carboxylic acids is 1. The molecule has 18 heavy (non-hydrogen) atoms. The summed E-state index contributed by atoms with van der Waals surface area (Å²) in [5.74, 6) is 0.0366. The van der Waals surface area contributed by atoms with Crippen LogP contribution in [0.25, 0.3) is 0 Å². The van der Waals surface area contributed by atoms with Crippen LogP contribution >= 0.6 is 0 Å². The molecule has 1 saturated carbocycles. The second-order valence-corrected chi connectivity index (χ2v) is 5.72. The highest BCUT2D eigenvalue weighted by Gasteiger charge is 2.30. The first kappa shape index (κ1) is 13.8. The Balaban J connectivity index is 1.85. The van der Waals surface area contributed by atoms with Crippen molar-refractivity contribution in [3.8, 4) is 0 Å². The summed E-state index contributed by atoms with van der Waals surface area (Å²) in [5, 5.41) is 8.84. The van der Waals surface area contributed by atoms with Crippen molar-refractivity contribution in [3.63, 3.8) is 0 Å². The van der Waals surface area contributed by atoms with Gasteiger partial charge < -0.3 is 9.84 Å². The summed E-state index contributed by atoms with van der Waals surface area (Å²) >= 11 is 0. The number of carbonyl (C=O) groups is 1. The molecule has 0 bridgehead atoms. The Morgan fingerprint density at radius 2 is 2.11 bits per heavy atom. The highest BCUT2D eigenvalue weighted by atomic mass is 16.5. The SMILES string of the molecule is CC(C1CCCCC1)N1CCOC(CC(=O)O)C1. The van der Waals surface area contributed by atoms with Gasteiger partial charge in [0.25, 0.3) is 0 Å². The summed E-state index contributed by atoms with van der Waals surface area (Å²) in [4.78, 5) is 13.2. The van der Waals surface area contributed by atoms with Gasteiger partial charge in [0, 0.05) is 19.1 Å². The number of carboxylic acid groups (broad SMARTS) is 1. The molecular formula is C14H25NO3. The lowest BCUT2D eigenvalue weighted by atomic mass is 9.83. The Hall–Kier alpha value is -0.610. The third-order valence-electron chi connectivity index (χ3n) is 4.48. The number of hydrogen-bond donors (Lipinski definition) is 1. The quantitative estimate of drug-likeness (QED) is 0.836. The maximum atomic E-state index is 10.7. The van der Waals surface area contributed by atoms with Gasteiger partial charge in [0.15, 0.2) is 0 Å². The number of aliphatic carboxylic acids is 1. The van der Waals surface area contributed by atoms with Gasteiger partial charge in [-0.2, -0.15) is 0 Å². The average Bonchev–Trinajstić information content (AvgIpc) is 2.38. The van der Waals surface area contributed by atoms with E-state index < -0.39 is 5.97 Å². The van der Waals surface area contributed by atoms with Crippen LogP contribution < -0.4 is 0 Å². The van der Waals surface area contributed by atoms with Gasteiger partial charge >= 0.3 is 5.97 Å². The first-order valence-corrected chi connectivity index (χ1v) is 7.24. The molecule has 2 aliphatic rings. The minimum absolute atomic E-state index is 0.123. The van der Waals surface area contributed by atoms with E-state index in [1.165, 1.54) is 32.1 Å². The van der Waals surface area contributed by atoms with Gasteiger partial charge in [-0.15, -0.1) is 0 Å². The summed E-state index contributed by atoms with van der Waals surface area (Å²) in [6.45, 7) is 4.71. The number of rotatable bonds is 4. The Kier molecular flexibility index (Phi) is 5.01. The molecule has 2 atom stereocenters. The third kappa shape index (κ3) is 3.69. The molecule has 1 saturated heterocycles. The van der Waals surface area contributed by atoms with Crippen molar-refractivity contribution < 1.29 is 14.6 Å². The predicted molar refractivity (Wildman–Crippen MR) is 69.6 cm³/mol. The second kappa shape index (κ2) is 6.53. The monoisotopic (exact) mass is 255 g/mol. The molecule has 0 aromatic heterocycles. The lowest BCUT2D eigenvalue weighted by Gasteiger charge is -2.41. The van der Waals surface area contributed by atoms with Crippen molar-refractivity contribution in [3.05, 3.63) is 0 Å². The number of hydrogen-bond acceptors (Lipinski definition) is 3. The van der Waals surface area contributed by atoms with Crippen LogP contribution in [0, 0.1) is 5.92 Å². The highest BCUT2D eigenvalue weighted by Crippen LogP contribution is 2.29. The van der Waals surface area contributed by atoms with Gasteiger partial charge in [-0.3, -0.25) is 9.69 Å². The van der Waals surface area contributed by atoms with Crippen LogP contribution in [0.5, 0.6) is 0 Å². The maximum Gasteiger partial charge on any atom is 0.306 e. The van der Waals surface area contributed by atoms with Crippen molar-refractivity contribution in [2.24, 2.45) is 5.92 Å². The lowest BCUT2D eigenvalue weighted by molar-refractivity contribution is -0.142. The standard InChI is InChI=1S/C14H25NO3/c1-11(12-5-3-2-4-6-12)15-7-8-18-13(10-15)9-14(16)17/h11-13H,2-10H2,1H3,(H,16,17). The largest absolute Gasteiger partial charge is 0.481 e. The molecule has 104 valence electrons. The van der Waals surface area contributed by atoms with Crippen LogP contribution in [-0.4, -0.2) is 47.8 Å². The molecule has 4 nitrogen and oxygen atoms in total. The first-order chi connectivity index (χ1) is 8.66. The van der Waals surface area contributed by atoms with Crippen molar-refractivity contribution >= 4 is 5.97 Å². The smallest absolute Gasteiger partial charge is 0.306 e. The van der Waals surface area contributed by atoms with E-state index in [1.807, 2.05) is 0 Å². The fourth-order valence-electron chi connectivity index (χ4n) is 3.35. The fraction of sp³-hybridized carbons (Fsp3) is 0.929. The van der Waals surface area contributed by atoms with Crippen molar-refractivity contribution in [2.45, 2.75) is 57.6 Å². The van der Waals surface area contributed by atoms with E-state index in [9.17, 15) is 4.79 Å². The van der Waals surface area contributed by atoms with Crippen LogP contribution in [0.4, 0.5) is 0 Å². The molecule has 0 radical (unpaired) electrons. The predicted octanol–water partition coefficient (Wildman–Crippen LogP) is 2.13. The molecule has 0 amide bonds. The minimum Gasteiger partial charge on any atom is -0.481 e. The lowest BCUT2D eigenvalue weighted by Crippen LogP contribution is -2.49. The number of nitrogens with zero attached hydrogens (tertiary/aromatic N) is 1. The number of ether oxygens (including phenoxy) is 1. The fourth-order valence-corrected chi connectivity index (χ4v) is 3.35. The van der Waals surface area contributed by atoms with E-state index in [4.69, 9.17) is 9.84 Å². The van der Waals surface area contributed by atoms with Gasteiger partial charge in [0.2, 0.25) is 0 Å². The molecule has 2 fully saturated rings. The van der Waals surface area contributed by atoms with Crippen LogP contribution in [0.3, 0.4) is 0 Å². The topological polar surface area (TPSA) is 49.8 Å². The normalized spacial score (nSPS) is 29.1. The van der Waals surface area contributed by atoms with Crippen LogP contribution in [0.15, 0.2) is 0 Å². The molecule has 1 aliphatic carbocycles. The minimum atomic E-state index is -0.757. The molecule has 0 aromatic rings. The molecule has 4 heteroatoms. The van der Waals surface area contributed by atoms with Crippen LogP contribution in [0.2, 0.25) is 0 Å². The van der Waals surface area contributed by atoms with Crippen LogP contribution in [0.1, 0.15) is 45.4 Å². The van der Waals surface area contributed by atoms with Gasteiger partial charge in [-0.25, -0.2) is 0 Å². The zero-order chi connectivity index (χ0) is 13.0. The Labute approximate surface area is 109 Å².